The van der Waals surface area contributed by atoms with Crippen molar-refractivity contribution in [3.05, 3.63) is 235 Å². The van der Waals surface area contributed by atoms with E-state index in [9.17, 15) is 0 Å². The first-order chi connectivity index (χ1) is 28.8. The van der Waals surface area contributed by atoms with Gasteiger partial charge in [0.25, 0.3) is 0 Å². The van der Waals surface area contributed by atoms with Gasteiger partial charge in [-0.25, -0.2) is 9.97 Å². The lowest BCUT2D eigenvalue weighted by atomic mass is 9.73. The molecule has 1 unspecified atom stereocenters. The molecule has 0 spiro atoms. The van der Waals surface area contributed by atoms with Gasteiger partial charge in [0.2, 0.25) is 0 Å². The summed E-state index contributed by atoms with van der Waals surface area (Å²) in [5.74, 6) is 1.78. The zero-order valence-corrected chi connectivity index (χ0v) is 31.8. The van der Waals surface area contributed by atoms with E-state index in [0.29, 0.717) is 0 Å². The smallest absolute Gasteiger partial charge is 0.137 e. The van der Waals surface area contributed by atoms with Crippen molar-refractivity contribution in [2.45, 2.75) is 12.5 Å². The third-order valence-electron chi connectivity index (χ3n) is 11.6. The molecule has 0 fully saturated rings. The largest absolute Gasteiger partial charge is 0.315 e. The van der Waals surface area contributed by atoms with E-state index < -0.39 is 0 Å². The number of fused-ring (bicyclic) bond motifs is 1. The van der Waals surface area contributed by atoms with Crippen LogP contribution in [0.25, 0.3) is 43.9 Å². The van der Waals surface area contributed by atoms with Gasteiger partial charge in [-0.2, -0.15) is 0 Å². The molecule has 9 aromatic rings. The van der Waals surface area contributed by atoms with E-state index in [1.165, 1.54) is 55.3 Å². The maximum atomic E-state index is 5.34. The third-order valence-corrected chi connectivity index (χ3v) is 11.6. The van der Waals surface area contributed by atoms with Crippen LogP contribution in [0.15, 0.2) is 212 Å². The van der Waals surface area contributed by atoms with Crippen LogP contribution in [-0.2, 0) is 6.42 Å². The van der Waals surface area contributed by atoms with Crippen LogP contribution >= 0.6 is 0 Å². The molecule has 2 aliphatic rings. The summed E-state index contributed by atoms with van der Waals surface area (Å²) < 4.78 is 0. The zero-order valence-electron chi connectivity index (χ0n) is 31.8. The molecule has 58 heavy (non-hydrogen) atoms. The Morgan fingerprint density at radius 3 is 1.95 bits per heavy atom. The summed E-state index contributed by atoms with van der Waals surface area (Å²) in [7, 11) is 0. The monoisotopic (exact) mass is 742 g/mol. The van der Waals surface area contributed by atoms with Gasteiger partial charge in [-0.15, -0.1) is 0 Å². The Kier molecular flexibility index (Phi) is 8.25. The van der Waals surface area contributed by atoms with E-state index in [4.69, 9.17) is 9.97 Å². The van der Waals surface area contributed by atoms with Crippen molar-refractivity contribution in [3.63, 3.8) is 0 Å². The zero-order chi connectivity index (χ0) is 38.4. The summed E-state index contributed by atoms with van der Waals surface area (Å²) >= 11 is 0. The number of hydrogen-bond donors (Lipinski definition) is 0. The number of para-hydroxylation sites is 3. The second-order valence-electron chi connectivity index (χ2n) is 14.9. The Morgan fingerprint density at radius 1 is 0.534 bits per heavy atom. The van der Waals surface area contributed by atoms with Gasteiger partial charge in [0, 0.05) is 28.3 Å². The first-order valence-electron chi connectivity index (χ1n) is 19.9. The van der Waals surface area contributed by atoms with Crippen LogP contribution in [0.2, 0.25) is 0 Å². The van der Waals surface area contributed by atoms with E-state index in [-0.39, 0.29) is 6.04 Å². The highest BCUT2D eigenvalue weighted by Crippen LogP contribution is 2.52. The minimum atomic E-state index is -0.151. The first kappa shape index (κ1) is 33.8. The SMILES string of the molecule is C1=C(c2ccccc2)c2ccc3c(N(c4ccccc4)c4ccccn4)cc(-c4ccccc4)c4c3c2C(=CC4)C1N(c1ccccc1)c1ccc2ccccc2n1. The Morgan fingerprint density at radius 2 is 1.21 bits per heavy atom. The van der Waals surface area contributed by atoms with Gasteiger partial charge in [-0.1, -0.05) is 140 Å². The Hall–Kier alpha value is -7.56. The summed E-state index contributed by atoms with van der Waals surface area (Å²) in [6, 6.07) is 69.0. The number of aromatic nitrogens is 2. The Bertz CT molecular complexity index is 2980. The first-order valence-corrected chi connectivity index (χ1v) is 19.9. The normalized spacial score (nSPS) is 14.2. The van der Waals surface area contributed by atoms with E-state index >= 15 is 0 Å². The predicted molar refractivity (Wildman–Crippen MR) is 241 cm³/mol. The summed E-state index contributed by atoms with van der Waals surface area (Å²) in [6.07, 6.45) is 7.63. The van der Waals surface area contributed by atoms with Gasteiger partial charge in [-0.05, 0) is 123 Å². The maximum Gasteiger partial charge on any atom is 0.137 e. The van der Waals surface area contributed by atoms with Gasteiger partial charge < -0.3 is 4.90 Å². The molecule has 4 heteroatoms. The molecule has 0 radical (unpaired) electrons. The second-order valence-corrected chi connectivity index (χ2v) is 14.9. The van der Waals surface area contributed by atoms with Crippen molar-refractivity contribution in [1.29, 1.82) is 0 Å². The fraction of sp³-hybridized carbons (Fsp3) is 0.0370. The molecule has 1 atom stereocenters. The van der Waals surface area contributed by atoms with Crippen molar-refractivity contribution in [2.75, 3.05) is 9.80 Å². The van der Waals surface area contributed by atoms with Gasteiger partial charge >= 0.3 is 0 Å². The minimum Gasteiger partial charge on any atom is -0.315 e. The fourth-order valence-corrected chi connectivity index (χ4v) is 9.04. The van der Waals surface area contributed by atoms with Crippen LogP contribution in [0.5, 0.6) is 0 Å². The lowest BCUT2D eigenvalue weighted by Gasteiger charge is -2.40. The van der Waals surface area contributed by atoms with E-state index in [1.807, 2.05) is 12.3 Å². The third kappa shape index (κ3) is 5.69. The fourth-order valence-electron chi connectivity index (χ4n) is 9.04. The molecule has 0 N–H and O–H groups in total. The number of pyridine rings is 2. The number of rotatable bonds is 8. The molecule has 0 saturated carbocycles. The van der Waals surface area contributed by atoms with E-state index in [1.54, 1.807) is 0 Å². The summed E-state index contributed by atoms with van der Waals surface area (Å²) in [4.78, 5) is 15.0. The molecule has 2 aromatic heterocycles. The average Bonchev–Trinajstić information content (AvgIpc) is 3.30. The molecule has 0 bridgehead atoms. The van der Waals surface area contributed by atoms with Crippen molar-refractivity contribution in [1.82, 2.24) is 9.97 Å². The van der Waals surface area contributed by atoms with Crippen molar-refractivity contribution >= 4 is 61.5 Å². The molecule has 0 amide bonds. The quantitative estimate of drug-likeness (QED) is 0.155. The Balaban J connectivity index is 1.23. The highest BCUT2D eigenvalue weighted by atomic mass is 15.2. The lowest BCUT2D eigenvalue weighted by molar-refractivity contribution is 0.928. The predicted octanol–water partition coefficient (Wildman–Crippen LogP) is 13.5. The molecule has 2 aliphatic carbocycles. The molecule has 274 valence electrons. The van der Waals surface area contributed by atoms with Gasteiger partial charge in [-0.3, -0.25) is 4.90 Å². The van der Waals surface area contributed by atoms with Crippen molar-refractivity contribution in [3.8, 4) is 11.1 Å². The summed E-state index contributed by atoms with van der Waals surface area (Å²) in [6.45, 7) is 0. The van der Waals surface area contributed by atoms with Crippen LogP contribution in [-0.4, -0.2) is 16.0 Å². The van der Waals surface area contributed by atoms with Crippen LogP contribution in [0.1, 0.15) is 22.3 Å². The number of nitrogens with zero attached hydrogens (tertiary/aromatic N) is 4. The minimum absolute atomic E-state index is 0.151. The highest BCUT2D eigenvalue weighted by molar-refractivity contribution is 6.14. The highest BCUT2D eigenvalue weighted by Gasteiger charge is 2.36. The molecular formula is C54H38N4. The van der Waals surface area contributed by atoms with Crippen LogP contribution in [0, 0.1) is 0 Å². The van der Waals surface area contributed by atoms with Crippen LogP contribution in [0.4, 0.5) is 28.7 Å². The van der Waals surface area contributed by atoms with E-state index in [0.717, 1.165) is 46.0 Å². The summed E-state index contributed by atoms with van der Waals surface area (Å²) in [5, 5.41) is 3.60. The molecule has 7 aromatic carbocycles. The van der Waals surface area contributed by atoms with Crippen LogP contribution in [0.3, 0.4) is 0 Å². The number of allylic oxidation sites excluding steroid dienone is 1. The number of anilines is 5. The van der Waals surface area contributed by atoms with Crippen LogP contribution < -0.4 is 9.80 Å². The Labute approximate surface area is 338 Å². The molecule has 2 heterocycles. The molecule has 0 aliphatic heterocycles. The topological polar surface area (TPSA) is 32.3 Å². The van der Waals surface area contributed by atoms with Gasteiger partial charge in [0.15, 0.2) is 0 Å². The number of benzene rings is 7. The average molecular weight is 743 g/mol. The second kappa shape index (κ2) is 14.2. The van der Waals surface area contributed by atoms with Gasteiger partial charge in [0.1, 0.15) is 11.6 Å². The molecular weight excluding hydrogens is 705 g/mol. The van der Waals surface area contributed by atoms with Crippen molar-refractivity contribution in [2.24, 2.45) is 0 Å². The van der Waals surface area contributed by atoms with Gasteiger partial charge in [0.05, 0.1) is 17.2 Å². The lowest BCUT2D eigenvalue weighted by Crippen LogP contribution is -2.34. The number of hydrogen-bond acceptors (Lipinski definition) is 4. The summed E-state index contributed by atoms with van der Waals surface area (Å²) in [5.41, 5.74) is 14.2. The standard InChI is InChI=1S/C54H38N4/c1-5-17-37(18-6-1)46-35-49(57(40-22-9-3-10-23-40)51-27-15-16-34-55-51)44-31-29-43-47(38-19-7-2-8-20-38)36-50(45-32-30-42(46)53(44)54(43)45)58(41-24-11-4-12-25-41)52-33-28-39-21-13-14-26-48(39)56-52/h1-29,31-36,50H,30H2. The molecule has 11 rings (SSSR count). The maximum absolute atomic E-state index is 5.34. The van der Waals surface area contributed by atoms with Crippen molar-refractivity contribution < 1.29 is 0 Å². The molecule has 4 nitrogen and oxygen atoms in total. The van der Waals surface area contributed by atoms with E-state index in [2.05, 4.69) is 210 Å². The molecule has 0 saturated heterocycles.